The average molecular weight is 412 g/mol. The van der Waals surface area contributed by atoms with Gasteiger partial charge in [-0.3, -0.25) is 10.0 Å². The van der Waals surface area contributed by atoms with Gasteiger partial charge in [-0.1, -0.05) is 30.3 Å². The van der Waals surface area contributed by atoms with Gasteiger partial charge >= 0.3 is 0 Å². The second-order valence-corrected chi connectivity index (χ2v) is 8.20. The Hall–Kier alpha value is -3.36. The molecule has 8 heteroatoms. The number of ether oxygens (including phenoxy) is 1. The molecule has 0 heterocycles. The first-order valence-electron chi connectivity index (χ1n) is 8.67. The van der Waals surface area contributed by atoms with Crippen molar-refractivity contribution < 1.29 is 23.2 Å². The van der Waals surface area contributed by atoms with Crippen LogP contribution in [0.5, 0.6) is 5.75 Å². The minimum absolute atomic E-state index is 0.0363. The van der Waals surface area contributed by atoms with E-state index in [0.29, 0.717) is 11.3 Å². The Balaban J connectivity index is 2.14. The van der Waals surface area contributed by atoms with Crippen LogP contribution in [0.3, 0.4) is 0 Å². The van der Waals surface area contributed by atoms with Crippen molar-refractivity contribution in [3.8, 4) is 5.75 Å². The Bertz CT molecular complexity index is 1130. The molecule has 7 nitrogen and oxygen atoms in total. The van der Waals surface area contributed by atoms with E-state index in [9.17, 15) is 13.2 Å². The van der Waals surface area contributed by atoms with E-state index in [4.69, 9.17) is 15.7 Å². The highest BCUT2D eigenvalue weighted by Crippen LogP contribution is 2.32. The molecule has 150 valence electrons. The molecule has 3 aromatic rings. The van der Waals surface area contributed by atoms with Crippen LogP contribution in [0.15, 0.2) is 76.5 Å². The van der Waals surface area contributed by atoms with Gasteiger partial charge in [0.25, 0.3) is 5.91 Å². The highest BCUT2D eigenvalue weighted by molar-refractivity contribution is 7.91. The molecular formula is C21H20N2O5S. The van der Waals surface area contributed by atoms with Crippen LogP contribution in [0.4, 0.5) is 5.69 Å². The predicted octanol–water partition coefficient (Wildman–Crippen LogP) is 2.82. The van der Waals surface area contributed by atoms with Crippen molar-refractivity contribution in [3.63, 3.8) is 0 Å². The molecule has 3 rings (SSSR count). The fourth-order valence-corrected chi connectivity index (χ4v) is 4.43. The Morgan fingerprint density at radius 3 is 2.28 bits per heavy atom. The number of rotatable bonds is 6. The Morgan fingerprint density at radius 1 is 1.03 bits per heavy atom. The van der Waals surface area contributed by atoms with Crippen molar-refractivity contribution in [2.24, 2.45) is 0 Å². The number of sulfone groups is 1. The summed E-state index contributed by atoms with van der Waals surface area (Å²) in [4.78, 5) is 12.0. The van der Waals surface area contributed by atoms with Crippen molar-refractivity contribution in [2.45, 2.75) is 16.2 Å². The molecule has 0 spiro atoms. The molecule has 0 aromatic heterocycles. The molecule has 1 amide bonds. The molecule has 0 fully saturated rings. The molecule has 0 radical (unpaired) electrons. The summed E-state index contributed by atoms with van der Waals surface area (Å²) in [5.41, 5.74) is 9.04. The van der Waals surface area contributed by atoms with Gasteiger partial charge in [0.1, 0.15) is 5.75 Å². The Kier molecular flexibility index (Phi) is 5.86. The highest BCUT2D eigenvalue weighted by Gasteiger charge is 2.25. The van der Waals surface area contributed by atoms with Gasteiger partial charge in [-0.05, 0) is 47.5 Å². The van der Waals surface area contributed by atoms with Crippen LogP contribution in [-0.2, 0) is 16.3 Å². The number of benzene rings is 3. The number of hydrogen-bond acceptors (Lipinski definition) is 6. The Morgan fingerprint density at radius 2 is 1.69 bits per heavy atom. The number of methoxy groups -OCH3 is 1. The van der Waals surface area contributed by atoms with Crippen LogP contribution in [0, 0.1) is 0 Å². The smallest absolute Gasteiger partial charge is 0.275 e. The van der Waals surface area contributed by atoms with E-state index in [1.807, 2.05) is 30.3 Å². The molecule has 4 N–H and O–H groups in total. The summed E-state index contributed by atoms with van der Waals surface area (Å²) in [6.45, 7) is 0. The Labute approximate surface area is 168 Å². The summed E-state index contributed by atoms with van der Waals surface area (Å²) in [5, 5.41) is 9.06. The second kappa shape index (κ2) is 8.34. The highest BCUT2D eigenvalue weighted by atomic mass is 32.2. The minimum Gasteiger partial charge on any atom is -0.497 e. The van der Waals surface area contributed by atoms with Crippen LogP contribution in [0.25, 0.3) is 0 Å². The molecule has 0 aliphatic carbocycles. The molecule has 0 unspecified atom stereocenters. The number of hydrogen-bond donors (Lipinski definition) is 3. The van der Waals surface area contributed by atoms with Crippen molar-refractivity contribution in [3.05, 3.63) is 83.4 Å². The SMILES string of the molecule is COc1ccc(S(=O)(=O)c2ccc(C(=O)NO)c(Cc3ccccc3)c2N)cc1. The van der Waals surface area contributed by atoms with E-state index >= 15 is 0 Å². The summed E-state index contributed by atoms with van der Waals surface area (Å²) >= 11 is 0. The predicted molar refractivity (Wildman–Crippen MR) is 108 cm³/mol. The van der Waals surface area contributed by atoms with E-state index < -0.39 is 15.7 Å². The first-order valence-corrected chi connectivity index (χ1v) is 10.2. The van der Waals surface area contributed by atoms with E-state index in [0.717, 1.165) is 5.56 Å². The molecule has 3 aromatic carbocycles. The second-order valence-electron chi connectivity index (χ2n) is 6.29. The zero-order chi connectivity index (χ0) is 21.0. The molecular weight excluding hydrogens is 392 g/mol. The van der Waals surface area contributed by atoms with Gasteiger partial charge in [-0.15, -0.1) is 0 Å². The lowest BCUT2D eigenvalue weighted by Crippen LogP contribution is -2.22. The summed E-state index contributed by atoms with van der Waals surface area (Å²) in [7, 11) is -2.44. The monoisotopic (exact) mass is 412 g/mol. The molecule has 0 aliphatic rings. The van der Waals surface area contributed by atoms with Gasteiger partial charge < -0.3 is 10.5 Å². The maximum absolute atomic E-state index is 13.1. The van der Waals surface area contributed by atoms with Crippen molar-refractivity contribution in [2.75, 3.05) is 12.8 Å². The maximum atomic E-state index is 13.1. The van der Waals surface area contributed by atoms with E-state index in [-0.39, 0.29) is 27.5 Å². The van der Waals surface area contributed by atoms with Crippen LogP contribution in [0.2, 0.25) is 0 Å². The summed E-state index contributed by atoms with van der Waals surface area (Å²) in [6.07, 6.45) is 0.224. The fourth-order valence-electron chi connectivity index (χ4n) is 3.02. The first-order chi connectivity index (χ1) is 13.9. The lowest BCUT2D eigenvalue weighted by Gasteiger charge is -2.16. The largest absolute Gasteiger partial charge is 0.497 e. The first kappa shape index (κ1) is 20.4. The zero-order valence-corrected chi connectivity index (χ0v) is 16.4. The van der Waals surface area contributed by atoms with Crippen molar-refractivity contribution in [1.29, 1.82) is 0 Å². The van der Waals surface area contributed by atoms with Crippen LogP contribution in [-0.4, -0.2) is 26.6 Å². The van der Waals surface area contributed by atoms with Gasteiger partial charge in [-0.2, -0.15) is 0 Å². The number of hydroxylamine groups is 1. The number of anilines is 1. The van der Waals surface area contributed by atoms with Gasteiger partial charge in [-0.25, -0.2) is 13.9 Å². The van der Waals surface area contributed by atoms with Gasteiger partial charge in [0.15, 0.2) is 0 Å². The van der Waals surface area contributed by atoms with Crippen LogP contribution in [0.1, 0.15) is 21.5 Å². The van der Waals surface area contributed by atoms with Crippen molar-refractivity contribution >= 4 is 21.4 Å². The third-order valence-corrected chi connectivity index (χ3v) is 6.37. The van der Waals surface area contributed by atoms with Crippen molar-refractivity contribution in [1.82, 2.24) is 5.48 Å². The van der Waals surface area contributed by atoms with Crippen LogP contribution >= 0.6 is 0 Å². The van der Waals surface area contributed by atoms with Gasteiger partial charge in [0, 0.05) is 12.0 Å². The number of nitrogens with one attached hydrogen (secondary N) is 1. The van der Waals surface area contributed by atoms with Gasteiger partial charge in [0.05, 0.1) is 22.6 Å². The molecule has 0 bridgehead atoms. The molecule has 0 saturated carbocycles. The number of carbonyl (C=O) groups is 1. The van der Waals surface area contributed by atoms with E-state index in [1.54, 1.807) is 17.6 Å². The number of carbonyl (C=O) groups excluding carboxylic acids is 1. The maximum Gasteiger partial charge on any atom is 0.275 e. The number of nitrogen functional groups attached to an aromatic ring is 1. The molecule has 0 atom stereocenters. The lowest BCUT2D eigenvalue weighted by atomic mass is 9.97. The average Bonchev–Trinajstić information content (AvgIpc) is 2.75. The van der Waals surface area contributed by atoms with E-state index in [2.05, 4.69) is 0 Å². The third kappa shape index (κ3) is 4.08. The number of amides is 1. The summed E-state index contributed by atoms with van der Waals surface area (Å²) in [6, 6.07) is 17.7. The molecule has 29 heavy (non-hydrogen) atoms. The van der Waals surface area contributed by atoms with Gasteiger partial charge in [0.2, 0.25) is 9.84 Å². The minimum atomic E-state index is -3.93. The lowest BCUT2D eigenvalue weighted by molar-refractivity contribution is 0.0705. The third-order valence-electron chi connectivity index (χ3n) is 4.55. The fraction of sp³-hybridized carbons (Fsp3) is 0.0952. The van der Waals surface area contributed by atoms with E-state index in [1.165, 1.54) is 31.4 Å². The summed E-state index contributed by atoms with van der Waals surface area (Å²) in [5.74, 6) is -0.243. The normalized spacial score (nSPS) is 11.1. The topological polar surface area (TPSA) is 119 Å². The standard InChI is InChI=1S/C21H20N2O5S/c1-28-15-7-9-16(10-8-15)29(26,27)19-12-11-17(21(24)23-25)18(20(19)22)13-14-5-3-2-4-6-14/h2-12,25H,13,22H2,1H3,(H,23,24). The molecule has 0 saturated heterocycles. The quantitative estimate of drug-likeness (QED) is 0.325. The zero-order valence-electron chi connectivity index (χ0n) is 15.6. The summed E-state index contributed by atoms with van der Waals surface area (Å²) < 4.78 is 31.3. The van der Waals surface area contributed by atoms with Crippen LogP contribution < -0.4 is 16.0 Å². The molecule has 0 aliphatic heterocycles. The number of nitrogens with two attached hydrogens (primary N) is 1.